The van der Waals surface area contributed by atoms with Gasteiger partial charge in [-0.15, -0.1) is 0 Å². The second kappa shape index (κ2) is 45.6. The van der Waals surface area contributed by atoms with Crippen LogP contribution in [0.1, 0.15) is 258 Å². The molecule has 56 heavy (non-hydrogen) atoms. The number of carbonyl (C=O) groups is 1. The topological polar surface area (TPSA) is 117 Å². The molecule has 8 nitrogen and oxygen atoms in total. The van der Waals surface area contributed by atoms with E-state index in [-0.39, 0.29) is 32.3 Å². The van der Waals surface area contributed by atoms with Crippen LogP contribution in [0.25, 0.3) is 0 Å². The van der Waals surface area contributed by atoms with Crippen LogP contribution in [0.15, 0.2) is 0 Å². The van der Waals surface area contributed by atoms with Crippen molar-refractivity contribution in [1.82, 2.24) is 0 Å². The first kappa shape index (κ1) is 55.5. The van der Waals surface area contributed by atoms with E-state index in [0.29, 0.717) is 13.0 Å². The van der Waals surface area contributed by atoms with E-state index in [1.165, 1.54) is 205 Å². The molecule has 9 heteroatoms. The fourth-order valence-electron chi connectivity index (χ4n) is 7.41. The van der Waals surface area contributed by atoms with Gasteiger partial charge in [-0.05, 0) is 12.8 Å². The monoisotopic (exact) mass is 818 g/mol. The van der Waals surface area contributed by atoms with Gasteiger partial charge in [-0.1, -0.05) is 239 Å². The lowest BCUT2D eigenvalue weighted by Gasteiger charge is -2.20. The lowest BCUT2D eigenvalue weighted by Crippen LogP contribution is -2.28. The highest BCUT2D eigenvalue weighted by Crippen LogP contribution is 2.43. The highest BCUT2D eigenvalue weighted by Gasteiger charge is 2.25. The Kier molecular flexibility index (Phi) is 45.2. The molecule has 336 valence electrons. The van der Waals surface area contributed by atoms with Gasteiger partial charge < -0.3 is 20.1 Å². The molecule has 2 unspecified atom stereocenters. The molecule has 0 amide bonds. The summed E-state index contributed by atoms with van der Waals surface area (Å²) in [6.45, 7) is 5.00. The van der Waals surface area contributed by atoms with Crippen LogP contribution in [0.4, 0.5) is 0 Å². The summed E-state index contributed by atoms with van der Waals surface area (Å²) in [6, 6.07) is 0. The minimum atomic E-state index is -4.27. The van der Waals surface area contributed by atoms with E-state index in [4.69, 9.17) is 24.3 Å². The Morgan fingerprint density at radius 2 is 0.786 bits per heavy atom. The van der Waals surface area contributed by atoms with Gasteiger partial charge in [0.1, 0.15) is 6.10 Å². The molecule has 0 spiro atoms. The van der Waals surface area contributed by atoms with Gasteiger partial charge in [0.25, 0.3) is 0 Å². The molecule has 0 aromatic heterocycles. The average molecular weight is 818 g/mol. The third-order valence-electron chi connectivity index (χ3n) is 11.0. The number of unbranched alkanes of at least 4 members (excludes halogenated alkanes) is 35. The Bertz CT molecular complexity index is 832. The second-order valence-electron chi connectivity index (χ2n) is 16.7. The SMILES string of the molecule is CCCCCCCCCCCCCCCCCCCCCCCCC(=O)OC(COCCCCCCCCCCCCCCCCC)COP(=O)(O)OCCN. The van der Waals surface area contributed by atoms with Crippen LogP contribution in [0.2, 0.25) is 0 Å². The predicted molar refractivity (Wildman–Crippen MR) is 238 cm³/mol. The largest absolute Gasteiger partial charge is 0.472 e. The molecule has 0 aliphatic carbocycles. The zero-order valence-electron chi connectivity index (χ0n) is 37.4. The molecule has 0 saturated carbocycles. The van der Waals surface area contributed by atoms with Crippen molar-refractivity contribution in [3.05, 3.63) is 0 Å². The number of esters is 1. The third-order valence-corrected chi connectivity index (χ3v) is 12.0. The summed E-state index contributed by atoms with van der Waals surface area (Å²) in [5.74, 6) is -0.321. The predicted octanol–water partition coefficient (Wildman–Crippen LogP) is 14.9. The summed E-state index contributed by atoms with van der Waals surface area (Å²) in [5.41, 5.74) is 5.38. The van der Waals surface area contributed by atoms with Gasteiger partial charge in [-0.25, -0.2) is 4.57 Å². The zero-order chi connectivity index (χ0) is 40.9. The van der Waals surface area contributed by atoms with Crippen LogP contribution < -0.4 is 5.73 Å². The maximum Gasteiger partial charge on any atom is 0.472 e. The van der Waals surface area contributed by atoms with Crippen LogP contribution in [-0.4, -0.2) is 49.9 Å². The van der Waals surface area contributed by atoms with Crippen molar-refractivity contribution in [2.45, 2.75) is 264 Å². The summed E-state index contributed by atoms with van der Waals surface area (Å²) >= 11 is 0. The van der Waals surface area contributed by atoms with Gasteiger partial charge >= 0.3 is 13.8 Å². The van der Waals surface area contributed by atoms with Crippen molar-refractivity contribution in [1.29, 1.82) is 0 Å². The van der Waals surface area contributed by atoms with Gasteiger partial charge in [0, 0.05) is 19.6 Å². The number of ether oxygens (including phenoxy) is 2. The van der Waals surface area contributed by atoms with Crippen molar-refractivity contribution in [3.8, 4) is 0 Å². The average Bonchev–Trinajstić information content (AvgIpc) is 3.19. The number of phosphoric acid groups is 1. The van der Waals surface area contributed by atoms with Gasteiger partial charge in [0.05, 0.1) is 19.8 Å². The van der Waals surface area contributed by atoms with E-state index in [0.717, 1.165) is 32.1 Å². The first-order valence-electron chi connectivity index (χ1n) is 24.5. The van der Waals surface area contributed by atoms with Crippen LogP contribution in [0.5, 0.6) is 0 Å². The quantitative estimate of drug-likeness (QED) is 0.0354. The van der Waals surface area contributed by atoms with Crippen molar-refractivity contribution in [2.75, 3.05) is 33.0 Å². The lowest BCUT2D eigenvalue weighted by molar-refractivity contribution is -0.154. The Morgan fingerprint density at radius 3 is 1.12 bits per heavy atom. The highest BCUT2D eigenvalue weighted by atomic mass is 31.2. The summed E-state index contributed by atoms with van der Waals surface area (Å²) in [4.78, 5) is 22.5. The molecule has 0 aliphatic rings. The van der Waals surface area contributed by atoms with E-state index in [9.17, 15) is 14.3 Å². The fraction of sp³-hybridized carbons (Fsp3) is 0.979. The molecular formula is C47H96NO7P. The smallest absolute Gasteiger partial charge is 0.457 e. The first-order chi connectivity index (χ1) is 27.4. The first-order valence-corrected chi connectivity index (χ1v) is 26.0. The molecule has 0 heterocycles. The highest BCUT2D eigenvalue weighted by molar-refractivity contribution is 7.47. The van der Waals surface area contributed by atoms with E-state index >= 15 is 0 Å². The number of hydrogen-bond donors (Lipinski definition) is 2. The maximum absolute atomic E-state index is 12.6. The van der Waals surface area contributed by atoms with Crippen molar-refractivity contribution >= 4 is 13.8 Å². The number of rotatable bonds is 48. The standard InChI is InChI=1S/C47H96NO7P/c1-3-5-7-9-11-13-15-17-19-20-21-22-23-24-25-26-28-30-32-34-36-38-40-47(49)55-46(45-54-56(50,51)53-43-41-48)44-52-42-39-37-35-33-31-29-27-18-16-14-12-10-8-6-4-2/h46H,3-45,48H2,1-2H3,(H,50,51). The van der Waals surface area contributed by atoms with Crippen molar-refractivity contribution in [3.63, 3.8) is 0 Å². The summed E-state index contributed by atoms with van der Waals surface area (Å²) < 4.78 is 33.5. The van der Waals surface area contributed by atoms with Gasteiger partial charge in [-0.3, -0.25) is 13.8 Å². The zero-order valence-corrected chi connectivity index (χ0v) is 38.3. The Balaban J connectivity index is 3.88. The molecule has 0 radical (unpaired) electrons. The number of hydrogen-bond acceptors (Lipinski definition) is 7. The summed E-state index contributed by atoms with van der Waals surface area (Å²) in [6.07, 6.45) is 48.4. The molecule has 0 bridgehead atoms. The molecule has 2 atom stereocenters. The number of carbonyl (C=O) groups excluding carboxylic acids is 1. The van der Waals surface area contributed by atoms with Gasteiger partial charge in [0.15, 0.2) is 0 Å². The molecule has 0 aromatic carbocycles. The van der Waals surface area contributed by atoms with E-state index < -0.39 is 13.9 Å². The van der Waals surface area contributed by atoms with Crippen molar-refractivity contribution in [2.24, 2.45) is 5.73 Å². The van der Waals surface area contributed by atoms with E-state index in [1.807, 2.05) is 0 Å². The third kappa shape index (κ3) is 44.6. The molecule has 3 N–H and O–H groups in total. The Morgan fingerprint density at radius 1 is 0.464 bits per heavy atom. The van der Waals surface area contributed by atoms with Crippen LogP contribution in [-0.2, 0) is 27.9 Å². The Hall–Kier alpha value is -0.500. The maximum atomic E-state index is 12.6. The molecule has 0 aliphatic heterocycles. The molecule has 0 saturated heterocycles. The minimum Gasteiger partial charge on any atom is -0.457 e. The summed E-state index contributed by atoms with van der Waals surface area (Å²) in [7, 11) is -4.27. The van der Waals surface area contributed by atoms with Gasteiger partial charge in [-0.2, -0.15) is 0 Å². The minimum absolute atomic E-state index is 0.0898. The van der Waals surface area contributed by atoms with Crippen LogP contribution in [0.3, 0.4) is 0 Å². The fourth-order valence-corrected chi connectivity index (χ4v) is 8.18. The molecule has 0 fully saturated rings. The number of nitrogens with two attached hydrogens (primary N) is 1. The van der Waals surface area contributed by atoms with Gasteiger partial charge in [0.2, 0.25) is 0 Å². The number of phosphoric ester groups is 1. The second-order valence-corrected chi connectivity index (χ2v) is 18.2. The molecule has 0 rings (SSSR count). The van der Waals surface area contributed by atoms with Crippen molar-refractivity contribution < 1.29 is 32.8 Å². The van der Waals surface area contributed by atoms with E-state index in [2.05, 4.69) is 13.8 Å². The molecular weight excluding hydrogens is 721 g/mol. The summed E-state index contributed by atoms with van der Waals surface area (Å²) in [5, 5.41) is 0. The Labute approximate surface area is 348 Å². The molecule has 0 aromatic rings. The van der Waals surface area contributed by atoms with Crippen LogP contribution in [0, 0.1) is 0 Å². The van der Waals surface area contributed by atoms with Crippen LogP contribution >= 0.6 is 7.82 Å². The lowest BCUT2D eigenvalue weighted by atomic mass is 10.0. The normalized spacial score (nSPS) is 13.3. The van der Waals surface area contributed by atoms with E-state index in [1.54, 1.807) is 0 Å².